The molecule has 0 amide bonds. The molecule has 1 N–H and O–H groups in total. The number of carboxylic acid groups (broad SMARTS) is 1. The van der Waals surface area contributed by atoms with Crippen molar-refractivity contribution in [3.63, 3.8) is 0 Å². The fraction of sp³-hybridized carbons (Fsp3) is 0.333. The van der Waals surface area contributed by atoms with Gasteiger partial charge in [0.25, 0.3) is 0 Å². The second-order valence-electron chi connectivity index (χ2n) is 6.24. The normalized spacial score (nSPS) is 11.9. The van der Waals surface area contributed by atoms with E-state index in [0.717, 1.165) is 30.4 Å². The molecule has 0 spiro atoms. The summed E-state index contributed by atoms with van der Waals surface area (Å²) in [6, 6.07) is 14.8. The number of Topliss-reactive ketones (excluding diaryl/α,β-unsaturated/α-hetero) is 1. The van der Waals surface area contributed by atoms with Crippen LogP contribution in [0.4, 0.5) is 0 Å². The number of benzene rings is 2. The lowest BCUT2D eigenvalue weighted by atomic mass is 9.92. The van der Waals surface area contributed by atoms with Crippen LogP contribution >= 0.6 is 11.6 Å². The van der Waals surface area contributed by atoms with Gasteiger partial charge in [0.1, 0.15) is 0 Å². The molecule has 2 aromatic rings. The second kappa shape index (κ2) is 9.38. The van der Waals surface area contributed by atoms with Crippen LogP contribution in [-0.2, 0) is 4.79 Å². The molecule has 0 aliphatic carbocycles. The van der Waals surface area contributed by atoms with E-state index in [1.54, 1.807) is 12.1 Å². The summed E-state index contributed by atoms with van der Waals surface area (Å²) in [7, 11) is 0. The number of carboxylic acids is 1. The molecule has 0 saturated heterocycles. The van der Waals surface area contributed by atoms with Crippen molar-refractivity contribution < 1.29 is 14.7 Å². The van der Waals surface area contributed by atoms with Gasteiger partial charge in [-0.2, -0.15) is 0 Å². The first-order valence-electron chi connectivity index (χ1n) is 8.63. The number of hydrogen-bond acceptors (Lipinski definition) is 2. The Balaban J connectivity index is 2.03. The van der Waals surface area contributed by atoms with Gasteiger partial charge in [-0.25, -0.2) is 0 Å². The molecule has 1 atom stereocenters. The maximum Gasteiger partial charge on any atom is 0.306 e. The van der Waals surface area contributed by atoms with Crippen molar-refractivity contribution in [1.82, 2.24) is 0 Å². The summed E-state index contributed by atoms with van der Waals surface area (Å²) in [5.74, 6) is -1.61. The van der Waals surface area contributed by atoms with E-state index in [-0.39, 0.29) is 12.2 Å². The molecule has 2 rings (SSSR count). The summed E-state index contributed by atoms with van der Waals surface area (Å²) in [6.45, 7) is 2.07. The molecule has 0 radical (unpaired) electrons. The molecule has 0 aliphatic heterocycles. The number of carbonyl (C=O) groups is 2. The van der Waals surface area contributed by atoms with Crippen molar-refractivity contribution in [3.8, 4) is 11.1 Å². The number of hydrogen-bond donors (Lipinski definition) is 1. The standard InChI is InChI=1S/C21H23ClO3/c1-2-3-4-5-18(21(24)25)14-20(23)17-8-6-15(7-9-17)16-10-12-19(22)13-11-16/h6-13,18H,2-5,14H2,1H3,(H,24,25). The van der Waals surface area contributed by atoms with Gasteiger partial charge in [0.05, 0.1) is 5.92 Å². The molecular formula is C21H23ClO3. The van der Waals surface area contributed by atoms with Crippen molar-refractivity contribution >= 4 is 23.4 Å². The monoisotopic (exact) mass is 358 g/mol. The Kier molecular flexibility index (Phi) is 7.20. The van der Waals surface area contributed by atoms with Gasteiger partial charge >= 0.3 is 5.97 Å². The van der Waals surface area contributed by atoms with Crippen LogP contribution < -0.4 is 0 Å². The first-order chi connectivity index (χ1) is 12.0. The first kappa shape index (κ1) is 19.2. The van der Waals surface area contributed by atoms with Crippen molar-refractivity contribution in [3.05, 3.63) is 59.1 Å². The highest BCUT2D eigenvalue weighted by Gasteiger charge is 2.21. The van der Waals surface area contributed by atoms with Crippen molar-refractivity contribution in [2.24, 2.45) is 5.92 Å². The predicted octanol–water partition coefficient (Wildman–Crippen LogP) is 5.86. The van der Waals surface area contributed by atoms with Crippen LogP contribution in [0.15, 0.2) is 48.5 Å². The second-order valence-corrected chi connectivity index (χ2v) is 6.68. The van der Waals surface area contributed by atoms with Gasteiger partial charge in [-0.05, 0) is 29.7 Å². The molecule has 4 heteroatoms. The number of ketones is 1. The summed E-state index contributed by atoms with van der Waals surface area (Å²) >= 11 is 5.89. The molecule has 132 valence electrons. The van der Waals surface area contributed by atoms with Gasteiger partial charge in [-0.1, -0.05) is 74.2 Å². The fourth-order valence-corrected chi connectivity index (χ4v) is 2.91. The maximum absolute atomic E-state index is 12.4. The van der Waals surface area contributed by atoms with Gasteiger partial charge in [0.2, 0.25) is 0 Å². The molecule has 0 heterocycles. The zero-order chi connectivity index (χ0) is 18.2. The Morgan fingerprint density at radius 3 is 2.04 bits per heavy atom. The summed E-state index contributed by atoms with van der Waals surface area (Å²) in [4.78, 5) is 23.8. The minimum absolute atomic E-state index is 0.0549. The topological polar surface area (TPSA) is 54.4 Å². The number of rotatable bonds is 9. The van der Waals surface area contributed by atoms with Gasteiger partial charge in [0, 0.05) is 17.0 Å². The highest BCUT2D eigenvalue weighted by atomic mass is 35.5. The highest BCUT2D eigenvalue weighted by Crippen LogP contribution is 2.23. The van der Waals surface area contributed by atoms with E-state index in [4.69, 9.17) is 11.6 Å². The first-order valence-corrected chi connectivity index (χ1v) is 9.01. The smallest absolute Gasteiger partial charge is 0.306 e. The molecule has 2 aromatic carbocycles. The van der Waals surface area contributed by atoms with Crippen molar-refractivity contribution in [1.29, 1.82) is 0 Å². The third-order valence-corrected chi connectivity index (χ3v) is 4.57. The lowest BCUT2D eigenvalue weighted by Gasteiger charge is -2.11. The van der Waals surface area contributed by atoms with Crippen LogP contribution in [0.1, 0.15) is 49.4 Å². The number of unbranched alkanes of at least 4 members (excludes halogenated alkanes) is 2. The van der Waals surface area contributed by atoms with E-state index in [1.807, 2.05) is 36.4 Å². The number of halogens is 1. The minimum Gasteiger partial charge on any atom is -0.481 e. The minimum atomic E-state index is -0.887. The molecule has 0 saturated carbocycles. The summed E-state index contributed by atoms with van der Waals surface area (Å²) in [5, 5.41) is 10.00. The van der Waals surface area contributed by atoms with Crippen molar-refractivity contribution in [2.45, 2.75) is 39.0 Å². The number of carbonyl (C=O) groups excluding carboxylic acids is 1. The molecule has 0 aliphatic rings. The van der Waals surface area contributed by atoms with Crippen molar-refractivity contribution in [2.75, 3.05) is 0 Å². The van der Waals surface area contributed by atoms with Crippen LogP contribution in [0.2, 0.25) is 5.02 Å². The zero-order valence-electron chi connectivity index (χ0n) is 14.4. The Labute approximate surface area is 153 Å². The molecule has 0 bridgehead atoms. The Hall–Kier alpha value is -2.13. The SMILES string of the molecule is CCCCCC(CC(=O)c1ccc(-c2ccc(Cl)cc2)cc1)C(=O)O. The summed E-state index contributed by atoms with van der Waals surface area (Å²) in [5.41, 5.74) is 2.57. The Morgan fingerprint density at radius 2 is 1.52 bits per heavy atom. The molecule has 0 fully saturated rings. The quantitative estimate of drug-likeness (QED) is 0.451. The van der Waals surface area contributed by atoms with E-state index in [2.05, 4.69) is 6.92 Å². The van der Waals surface area contributed by atoms with Gasteiger partial charge in [-0.15, -0.1) is 0 Å². The van der Waals surface area contributed by atoms with Crippen LogP contribution in [0.3, 0.4) is 0 Å². The van der Waals surface area contributed by atoms with E-state index >= 15 is 0 Å². The van der Waals surface area contributed by atoms with E-state index in [1.165, 1.54) is 0 Å². The zero-order valence-corrected chi connectivity index (χ0v) is 15.1. The van der Waals surface area contributed by atoms with E-state index in [9.17, 15) is 14.7 Å². The highest BCUT2D eigenvalue weighted by molar-refractivity contribution is 6.30. The van der Waals surface area contributed by atoms with Crippen LogP contribution in [0, 0.1) is 5.92 Å². The summed E-state index contributed by atoms with van der Waals surface area (Å²) in [6.07, 6.45) is 3.48. The fourth-order valence-electron chi connectivity index (χ4n) is 2.79. The largest absolute Gasteiger partial charge is 0.481 e. The maximum atomic E-state index is 12.4. The molecule has 0 aromatic heterocycles. The third kappa shape index (κ3) is 5.71. The van der Waals surface area contributed by atoms with Gasteiger partial charge < -0.3 is 5.11 Å². The average molecular weight is 359 g/mol. The van der Waals surface area contributed by atoms with Crippen LogP contribution in [-0.4, -0.2) is 16.9 Å². The predicted molar refractivity (Wildman–Crippen MR) is 101 cm³/mol. The molecule has 1 unspecified atom stereocenters. The lowest BCUT2D eigenvalue weighted by Crippen LogP contribution is -2.18. The number of aliphatic carboxylic acids is 1. The van der Waals surface area contributed by atoms with Crippen LogP contribution in [0.25, 0.3) is 11.1 Å². The van der Waals surface area contributed by atoms with Gasteiger partial charge in [-0.3, -0.25) is 9.59 Å². The molecule has 3 nitrogen and oxygen atoms in total. The lowest BCUT2D eigenvalue weighted by molar-refractivity contribution is -0.141. The Morgan fingerprint density at radius 1 is 0.960 bits per heavy atom. The Bertz CT molecular complexity index is 705. The third-order valence-electron chi connectivity index (χ3n) is 4.32. The molecular weight excluding hydrogens is 336 g/mol. The molecule has 25 heavy (non-hydrogen) atoms. The van der Waals surface area contributed by atoms with Crippen LogP contribution in [0.5, 0.6) is 0 Å². The van der Waals surface area contributed by atoms with Gasteiger partial charge in [0.15, 0.2) is 5.78 Å². The average Bonchev–Trinajstić information content (AvgIpc) is 2.61. The van der Waals surface area contributed by atoms with E-state index < -0.39 is 11.9 Å². The van der Waals surface area contributed by atoms with E-state index in [0.29, 0.717) is 17.0 Å². The summed E-state index contributed by atoms with van der Waals surface area (Å²) < 4.78 is 0.